The van der Waals surface area contributed by atoms with Crippen LogP contribution in [0.1, 0.15) is 55.0 Å². The predicted molar refractivity (Wildman–Crippen MR) is 79.2 cm³/mol. The Bertz CT molecular complexity index is 585. The molecule has 1 aromatic carbocycles. The summed E-state index contributed by atoms with van der Waals surface area (Å²) in [6.07, 6.45) is 6.20. The Kier molecular flexibility index (Phi) is 4.29. The average Bonchev–Trinajstić information content (AvgIpc) is 2.93. The summed E-state index contributed by atoms with van der Waals surface area (Å²) in [6.45, 7) is 1.05. The van der Waals surface area contributed by atoms with Gasteiger partial charge in [-0.05, 0) is 30.5 Å². The minimum absolute atomic E-state index is 0.215. The summed E-state index contributed by atoms with van der Waals surface area (Å²) in [4.78, 5) is 0. The smallest absolute Gasteiger partial charge is 0.123 e. The first kappa shape index (κ1) is 14.2. The molecular weight excluding hydrogens is 267 g/mol. The molecule has 0 radical (unpaired) electrons. The zero-order chi connectivity index (χ0) is 14.7. The number of nitrogens with two attached hydrogens (primary N) is 1. The largest absolute Gasteiger partial charge is 0.325 e. The Morgan fingerprint density at radius 3 is 2.52 bits per heavy atom. The molecule has 2 N–H and O–H groups in total. The molecule has 1 aliphatic rings. The van der Waals surface area contributed by atoms with Gasteiger partial charge in [-0.1, -0.05) is 36.6 Å². The van der Waals surface area contributed by atoms with E-state index in [1.165, 1.54) is 49.9 Å². The quantitative estimate of drug-likeness (QED) is 0.941. The van der Waals surface area contributed by atoms with E-state index in [4.69, 9.17) is 5.73 Å². The normalized spacial score (nSPS) is 16.3. The molecule has 0 saturated heterocycles. The first-order valence-corrected chi connectivity index (χ1v) is 7.64. The van der Waals surface area contributed by atoms with Crippen LogP contribution < -0.4 is 5.73 Å². The van der Waals surface area contributed by atoms with Gasteiger partial charge >= 0.3 is 0 Å². The first-order valence-electron chi connectivity index (χ1n) is 7.64. The second-order valence-electron chi connectivity index (χ2n) is 5.74. The topological polar surface area (TPSA) is 56.7 Å². The van der Waals surface area contributed by atoms with Crippen LogP contribution in [-0.4, -0.2) is 15.0 Å². The lowest BCUT2D eigenvalue weighted by Gasteiger charge is -2.23. The maximum absolute atomic E-state index is 13.0. The molecular formula is C16H21FN4. The van der Waals surface area contributed by atoms with Gasteiger partial charge in [0.05, 0.1) is 17.9 Å². The maximum atomic E-state index is 13.0. The second-order valence-corrected chi connectivity index (χ2v) is 5.74. The van der Waals surface area contributed by atoms with Crippen molar-refractivity contribution in [3.63, 3.8) is 0 Å². The molecule has 0 amide bonds. The number of hydrogen-bond acceptors (Lipinski definition) is 3. The van der Waals surface area contributed by atoms with E-state index in [-0.39, 0.29) is 5.82 Å². The van der Waals surface area contributed by atoms with Crippen LogP contribution in [0.3, 0.4) is 0 Å². The molecule has 0 bridgehead atoms. The fourth-order valence-corrected chi connectivity index (χ4v) is 3.20. The number of hydrogen-bond donors (Lipinski definition) is 1. The highest BCUT2D eigenvalue weighted by Gasteiger charge is 2.23. The molecule has 0 atom stereocenters. The van der Waals surface area contributed by atoms with Gasteiger partial charge in [-0.15, -0.1) is 5.10 Å². The lowest BCUT2D eigenvalue weighted by atomic mass is 9.86. The third-order valence-electron chi connectivity index (χ3n) is 4.28. The monoisotopic (exact) mass is 288 g/mol. The zero-order valence-corrected chi connectivity index (χ0v) is 12.1. The van der Waals surface area contributed by atoms with Crippen molar-refractivity contribution in [2.75, 3.05) is 0 Å². The van der Waals surface area contributed by atoms with Crippen LogP contribution in [0.2, 0.25) is 0 Å². The number of benzene rings is 1. The van der Waals surface area contributed by atoms with Crippen LogP contribution in [0.4, 0.5) is 4.39 Å². The molecule has 4 nitrogen and oxygen atoms in total. The van der Waals surface area contributed by atoms with Gasteiger partial charge in [-0.25, -0.2) is 9.07 Å². The fourth-order valence-electron chi connectivity index (χ4n) is 3.20. The van der Waals surface area contributed by atoms with E-state index in [0.717, 1.165) is 11.3 Å². The predicted octanol–water partition coefficient (Wildman–Crippen LogP) is 2.97. The molecule has 1 saturated carbocycles. The summed E-state index contributed by atoms with van der Waals surface area (Å²) in [5, 5.41) is 8.51. The summed E-state index contributed by atoms with van der Waals surface area (Å²) in [5.74, 6) is 0.292. The fraction of sp³-hybridized carbons (Fsp3) is 0.500. The van der Waals surface area contributed by atoms with Crippen molar-refractivity contribution in [3.05, 3.63) is 47.0 Å². The Hall–Kier alpha value is -1.75. The van der Waals surface area contributed by atoms with Crippen molar-refractivity contribution in [1.29, 1.82) is 0 Å². The Morgan fingerprint density at radius 2 is 1.86 bits per heavy atom. The van der Waals surface area contributed by atoms with Gasteiger partial charge in [-0.3, -0.25) is 0 Å². The van der Waals surface area contributed by atoms with Gasteiger partial charge in [0.15, 0.2) is 0 Å². The van der Waals surface area contributed by atoms with Gasteiger partial charge in [-0.2, -0.15) is 0 Å². The molecule has 0 spiro atoms. The Balaban J connectivity index is 1.87. The summed E-state index contributed by atoms with van der Waals surface area (Å²) in [7, 11) is 0. The number of halogens is 1. The summed E-state index contributed by atoms with van der Waals surface area (Å²) in [6, 6.07) is 6.56. The van der Waals surface area contributed by atoms with Crippen LogP contribution in [0.15, 0.2) is 24.3 Å². The molecule has 1 aromatic heterocycles. The third-order valence-corrected chi connectivity index (χ3v) is 4.28. The third kappa shape index (κ3) is 3.13. The van der Waals surface area contributed by atoms with E-state index in [1.807, 2.05) is 4.68 Å². The molecule has 2 aromatic rings. The summed E-state index contributed by atoms with van der Waals surface area (Å²) in [5.41, 5.74) is 8.94. The van der Waals surface area contributed by atoms with E-state index in [9.17, 15) is 4.39 Å². The molecule has 1 aliphatic carbocycles. The van der Waals surface area contributed by atoms with E-state index in [1.54, 1.807) is 12.1 Å². The average molecular weight is 288 g/mol. The molecule has 1 heterocycles. The van der Waals surface area contributed by atoms with Gasteiger partial charge in [0.2, 0.25) is 0 Å². The second kappa shape index (κ2) is 6.35. The molecule has 3 rings (SSSR count). The lowest BCUT2D eigenvalue weighted by molar-refractivity contribution is 0.417. The molecule has 0 aliphatic heterocycles. The van der Waals surface area contributed by atoms with Crippen LogP contribution in [0.25, 0.3) is 0 Å². The zero-order valence-electron chi connectivity index (χ0n) is 12.1. The van der Waals surface area contributed by atoms with Crippen LogP contribution in [0, 0.1) is 5.82 Å². The van der Waals surface area contributed by atoms with Gasteiger partial charge in [0, 0.05) is 12.5 Å². The van der Waals surface area contributed by atoms with Crippen molar-refractivity contribution in [2.24, 2.45) is 5.73 Å². The number of aromatic nitrogens is 3. The lowest BCUT2D eigenvalue weighted by Crippen LogP contribution is -2.15. The number of nitrogens with zero attached hydrogens (tertiary/aromatic N) is 3. The highest BCUT2D eigenvalue weighted by Crippen LogP contribution is 2.33. The molecule has 0 unspecified atom stereocenters. The molecule has 112 valence electrons. The minimum atomic E-state index is -0.215. The van der Waals surface area contributed by atoms with E-state index in [2.05, 4.69) is 10.3 Å². The Labute approximate surface area is 124 Å². The van der Waals surface area contributed by atoms with E-state index >= 15 is 0 Å². The van der Waals surface area contributed by atoms with Gasteiger partial charge < -0.3 is 5.73 Å². The number of rotatable bonds is 4. The van der Waals surface area contributed by atoms with Crippen molar-refractivity contribution in [3.8, 4) is 0 Å². The van der Waals surface area contributed by atoms with Gasteiger partial charge in [0.1, 0.15) is 5.82 Å². The summed E-state index contributed by atoms with van der Waals surface area (Å²) < 4.78 is 15.0. The highest BCUT2D eigenvalue weighted by molar-refractivity contribution is 5.20. The Morgan fingerprint density at radius 1 is 1.14 bits per heavy atom. The van der Waals surface area contributed by atoms with E-state index in [0.29, 0.717) is 19.0 Å². The molecule has 1 fully saturated rings. The molecule has 21 heavy (non-hydrogen) atoms. The van der Waals surface area contributed by atoms with Crippen molar-refractivity contribution >= 4 is 0 Å². The minimum Gasteiger partial charge on any atom is -0.325 e. The van der Waals surface area contributed by atoms with Crippen molar-refractivity contribution in [1.82, 2.24) is 15.0 Å². The van der Waals surface area contributed by atoms with Crippen molar-refractivity contribution < 1.29 is 4.39 Å². The van der Waals surface area contributed by atoms with Crippen molar-refractivity contribution in [2.45, 2.75) is 51.1 Å². The highest BCUT2D eigenvalue weighted by atomic mass is 19.1. The van der Waals surface area contributed by atoms with E-state index < -0.39 is 0 Å². The first-order chi connectivity index (χ1) is 10.3. The van der Waals surface area contributed by atoms with Crippen LogP contribution in [-0.2, 0) is 13.1 Å². The SMILES string of the molecule is NCc1nnn(Cc2ccc(F)cc2)c1C1CCCCC1. The van der Waals surface area contributed by atoms with Crippen LogP contribution >= 0.6 is 0 Å². The maximum Gasteiger partial charge on any atom is 0.123 e. The van der Waals surface area contributed by atoms with Crippen LogP contribution in [0.5, 0.6) is 0 Å². The molecule has 5 heteroatoms. The summed E-state index contributed by atoms with van der Waals surface area (Å²) >= 11 is 0. The van der Waals surface area contributed by atoms with Gasteiger partial charge in [0.25, 0.3) is 0 Å². The standard InChI is InChI=1S/C16H21FN4/c17-14-8-6-12(7-9-14)11-21-16(15(10-18)19-20-21)13-4-2-1-3-5-13/h6-9,13H,1-5,10-11,18H2.